The Bertz CT molecular complexity index is 375. The van der Waals surface area contributed by atoms with E-state index in [1.165, 1.54) is 26.7 Å². The van der Waals surface area contributed by atoms with Crippen LogP contribution < -0.4 is 0 Å². The molecule has 0 aliphatic rings. The van der Waals surface area contributed by atoms with Crippen molar-refractivity contribution in [1.82, 2.24) is 0 Å². The Kier molecular flexibility index (Phi) is 25.6. The zero-order valence-electron chi connectivity index (χ0n) is 19.9. The number of hydrogen-bond donors (Lipinski definition) is 0. The van der Waals surface area contributed by atoms with Crippen molar-refractivity contribution in [3.05, 3.63) is 0 Å². The number of ether oxygens (including phenoxy) is 3. The maximum Gasteiger partial charge on any atom is 0.302 e. The van der Waals surface area contributed by atoms with Gasteiger partial charge in [-0.3, -0.25) is 9.59 Å². The van der Waals surface area contributed by atoms with Gasteiger partial charge in [-0.1, -0.05) is 69.7 Å². The second kappa shape index (κ2) is 21.1. The maximum atomic E-state index is 10.7. The fourth-order valence-corrected chi connectivity index (χ4v) is 2.63. The lowest BCUT2D eigenvalue weighted by Gasteiger charge is -2.21. The average Bonchev–Trinajstić information content (AvgIpc) is 2.59. The van der Waals surface area contributed by atoms with Gasteiger partial charge in [-0.05, 0) is 30.6 Å². The number of esters is 2. The minimum Gasteiger partial charge on any atom is -0.465 e. The van der Waals surface area contributed by atoms with Gasteiger partial charge in [-0.15, -0.1) is 0 Å². The van der Waals surface area contributed by atoms with Crippen LogP contribution in [-0.2, 0) is 23.8 Å². The molecule has 184 valence electrons. The third-order valence-electron chi connectivity index (χ3n) is 4.56. The van der Waals surface area contributed by atoms with Crippen LogP contribution in [0.4, 0.5) is 0 Å². The van der Waals surface area contributed by atoms with Gasteiger partial charge in [0, 0.05) is 25.7 Å². The molecule has 0 aromatic rings. The molecule has 0 aliphatic heterocycles. The average molecular weight is 435 g/mol. The topological polar surface area (TPSA) is 61.8 Å². The van der Waals surface area contributed by atoms with Crippen molar-refractivity contribution in [1.29, 1.82) is 0 Å². The number of carbonyl (C=O) groups is 2. The van der Waals surface area contributed by atoms with Gasteiger partial charge in [0.2, 0.25) is 0 Å². The number of hydrogen-bond acceptors (Lipinski definition) is 5. The lowest BCUT2D eigenvalue weighted by atomic mass is 9.84. The number of rotatable bonds is 12. The highest BCUT2D eigenvalue weighted by Crippen LogP contribution is 2.25. The Labute approximate surface area is 188 Å². The van der Waals surface area contributed by atoms with Crippen molar-refractivity contribution >= 4 is 11.9 Å². The molecule has 5 heteroatoms. The third kappa shape index (κ3) is 26.9. The van der Waals surface area contributed by atoms with E-state index in [4.69, 9.17) is 14.2 Å². The Hall–Kier alpha value is -1.10. The fraction of sp³-hybridized carbons (Fsp3) is 0.920. The van der Waals surface area contributed by atoms with Crippen LogP contribution in [0.25, 0.3) is 0 Å². The summed E-state index contributed by atoms with van der Waals surface area (Å²) in [6, 6.07) is 0. The molecule has 3 atom stereocenters. The summed E-state index contributed by atoms with van der Waals surface area (Å²) in [5.41, 5.74) is 0.523. The standard InChI is InChI=1S/C14H26O5.C9H20.2CH4/c1-5-13(9-18-11(3)15)7-17-8-14(6-2)10-19-12(4)16;1-6-8(2)7-9(3,4)5;;/h13-14H,5-10H2,1-4H3;8H,6-7H2,1-5H3;2*1H4. The van der Waals surface area contributed by atoms with E-state index in [-0.39, 0.29) is 38.6 Å². The number of carbonyl (C=O) groups excluding carboxylic acids is 2. The molecule has 0 aromatic heterocycles. The second-order valence-electron chi connectivity index (χ2n) is 8.97. The normalized spacial score (nSPS) is 13.4. The van der Waals surface area contributed by atoms with Gasteiger partial charge in [-0.2, -0.15) is 0 Å². The molecule has 5 nitrogen and oxygen atoms in total. The van der Waals surface area contributed by atoms with E-state index in [1.54, 1.807) is 0 Å². The maximum absolute atomic E-state index is 10.7. The van der Waals surface area contributed by atoms with Gasteiger partial charge in [0.05, 0.1) is 26.4 Å². The smallest absolute Gasteiger partial charge is 0.302 e. The van der Waals surface area contributed by atoms with Crippen molar-refractivity contribution < 1.29 is 23.8 Å². The monoisotopic (exact) mass is 434 g/mol. The molecule has 0 heterocycles. The van der Waals surface area contributed by atoms with E-state index in [9.17, 15) is 9.59 Å². The van der Waals surface area contributed by atoms with Gasteiger partial charge >= 0.3 is 11.9 Å². The first-order chi connectivity index (χ1) is 12.9. The highest BCUT2D eigenvalue weighted by atomic mass is 16.5. The van der Waals surface area contributed by atoms with E-state index < -0.39 is 0 Å². The molecule has 3 unspecified atom stereocenters. The molecule has 0 fully saturated rings. The third-order valence-corrected chi connectivity index (χ3v) is 4.56. The molecule has 0 bridgehead atoms. The van der Waals surface area contributed by atoms with Crippen LogP contribution in [0.1, 0.15) is 103 Å². The Balaban J connectivity index is -0.000000262. The van der Waals surface area contributed by atoms with Crippen LogP contribution in [0.3, 0.4) is 0 Å². The zero-order valence-corrected chi connectivity index (χ0v) is 19.9. The Morgan fingerprint density at radius 1 is 0.733 bits per heavy atom. The van der Waals surface area contributed by atoms with Crippen LogP contribution in [0.5, 0.6) is 0 Å². The minimum absolute atomic E-state index is 0. The summed E-state index contributed by atoms with van der Waals surface area (Å²) in [6.07, 6.45) is 4.46. The van der Waals surface area contributed by atoms with Crippen molar-refractivity contribution in [2.45, 2.75) is 103 Å². The predicted molar refractivity (Wildman–Crippen MR) is 129 cm³/mol. The molecule has 0 aliphatic carbocycles. The summed E-state index contributed by atoms with van der Waals surface area (Å²) in [5, 5.41) is 0. The van der Waals surface area contributed by atoms with Gasteiger partial charge in [0.1, 0.15) is 0 Å². The first kappa shape index (κ1) is 36.3. The predicted octanol–water partition coefficient (Wildman–Crippen LogP) is 6.92. The summed E-state index contributed by atoms with van der Waals surface area (Å²) in [4.78, 5) is 21.5. The molecule has 0 aromatic carbocycles. The Morgan fingerprint density at radius 3 is 1.30 bits per heavy atom. The fourth-order valence-electron chi connectivity index (χ4n) is 2.63. The second-order valence-corrected chi connectivity index (χ2v) is 8.97. The molecular weight excluding hydrogens is 380 g/mol. The first-order valence-electron chi connectivity index (χ1n) is 10.8. The summed E-state index contributed by atoms with van der Waals surface area (Å²) < 4.78 is 15.6. The lowest BCUT2D eigenvalue weighted by molar-refractivity contribution is -0.143. The zero-order chi connectivity index (χ0) is 22.2. The van der Waals surface area contributed by atoms with Gasteiger partial charge in [0.15, 0.2) is 0 Å². The minimum atomic E-state index is -0.264. The van der Waals surface area contributed by atoms with E-state index in [0.29, 0.717) is 31.8 Å². The van der Waals surface area contributed by atoms with Gasteiger partial charge in [0.25, 0.3) is 0 Å². The van der Waals surface area contributed by atoms with E-state index >= 15 is 0 Å². The molecule has 0 rings (SSSR count). The van der Waals surface area contributed by atoms with E-state index in [0.717, 1.165) is 18.8 Å². The van der Waals surface area contributed by atoms with Crippen molar-refractivity contribution in [2.75, 3.05) is 26.4 Å². The van der Waals surface area contributed by atoms with E-state index in [1.807, 2.05) is 13.8 Å². The summed E-state index contributed by atoms with van der Waals surface area (Å²) in [5.74, 6) is 0.801. The summed E-state index contributed by atoms with van der Waals surface area (Å²) in [6.45, 7) is 20.3. The molecule has 0 saturated heterocycles. The lowest BCUT2D eigenvalue weighted by Crippen LogP contribution is -2.22. The van der Waals surface area contributed by atoms with Crippen LogP contribution in [0.15, 0.2) is 0 Å². The molecular formula is C25H54O5. The highest BCUT2D eigenvalue weighted by Gasteiger charge is 2.13. The largest absolute Gasteiger partial charge is 0.465 e. The molecule has 0 saturated carbocycles. The van der Waals surface area contributed by atoms with Crippen molar-refractivity contribution in [3.8, 4) is 0 Å². The molecule has 0 amide bonds. The van der Waals surface area contributed by atoms with Crippen molar-refractivity contribution in [2.24, 2.45) is 23.2 Å². The van der Waals surface area contributed by atoms with Gasteiger partial charge < -0.3 is 14.2 Å². The molecule has 0 radical (unpaired) electrons. The van der Waals surface area contributed by atoms with E-state index in [2.05, 4.69) is 34.6 Å². The van der Waals surface area contributed by atoms with Crippen molar-refractivity contribution in [3.63, 3.8) is 0 Å². The molecule has 0 spiro atoms. The van der Waals surface area contributed by atoms with Crippen LogP contribution in [-0.4, -0.2) is 38.4 Å². The summed E-state index contributed by atoms with van der Waals surface area (Å²) >= 11 is 0. The highest BCUT2D eigenvalue weighted by molar-refractivity contribution is 5.66. The first-order valence-corrected chi connectivity index (χ1v) is 10.8. The van der Waals surface area contributed by atoms with Crippen LogP contribution >= 0.6 is 0 Å². The van der Waals surface area contributed by atoms with Crippen LogP contribution in [0.2, 0.25) is 0 Å². The van der Waals surface area contributed by atoms with Crippen LogP contribution in [0, 0.1) is 23.2 Å². The Morgan fingerprint density at radius 2 is 1.10 bits per heavy atom. The van der Waals surface area contributed by atoms with Gasteiger partial charge in [-0.25, -0.2) is 0 Å². The summed E-state index contributed by atoms with van der Waals surface area (Å²) in [7, 11) is 0. The molecule has 0 N–H and O–H groups in total. The SMILES string of the molecule is C.C.CCC(C)CC(C)(C)C.CCC(COCC(CC)COC(C)=O)COC(C)=O. The quantitative estimate of drug-likeness (QED) is 0.312. The molecule has 30 heavy (non-hydrogen) atoms.